The molecule has 0 saturated heterocycles. The summed E-state index contributed by atoms with van der Waals surface area (Å²) in [6.45, 7) is 2.10. The number of rotatable bonds is 5. The number of benzene rings is 1. The van der Waals surface area contributed by atoms with Gasteiger partial charge >= 0.3 is 0 Å². The molecule has 1 fully saturated rings. The first kappa shape index (κ1) is 15.1. The molecule has 0 aromatic heterocycles. The zero-order valence-corrected chi connectivity index (χ0v) is 12.5. The Morgan fingerprint density at radius 3 is 2.20 bits per heavy atom. The Bertz CT molecular complexity index is 468. The number of alkyl halides is 1. The SMILES string of the molecule is COc1cc(C(C)F)c(C2(CN)CCCC2)cc1OC. The molecule has 0 aliphatic heterocycles. The molecule has 20 heavy (non-hydrogen) atoms. The number of ether oxygens (including phenoxy) is 2. The fourth-order valence-electron chi connectivity index (χ4n) is 3.32. The Labute approximate surface area is 120 Å². The van der Waals surface area contributed by atoms with Crippen molar-refractivity contribution in [3.8, 4) is 11.5 Å². The van der Waals surface area contributed by atoms with Gasteiger partial charge in [-0.1, -0.05) is 12.8 Å². The Balaban J connectivity index is 2.60. The van der Waals surface area contributed by atoms with Crippen molar-refractivity contribution in [2.45, 2.75) is 44.2 Å². The van der Waals surface area contributed by atoms with Crippen molar-refractivity contribution in [2.75, 3.05) is 20.8 Å². The van der Waals surface area contributed by atoms with Gasteiger partial charge in [0.1, 0.15) is 6.17 Å². The summed E-state index contributed by atoms with van der Waals surface area (Å²) < 4.78 is 24.7. The van der Waals surface area contributed by atoms with Crippen molar-refractivity contribution < 1.29 is 13.9 Å². The Kier molecular flexibility index (Phi) is 4.53. The van der Waals surface area contributed by atoms with Crippen LogP contribution in [0.3, 0.4) is 0 Å². The molecule has 0 amide bonds. The van der Waals surface area contributed by atoms with E-state index < -0.39 is 6.17 Å². The second kappa shape index (κ2) is 6.00. The van der Waals surface area contributed by atoms with Crippen molar-refractivity contribution in [1.29, 1.82) is 0 Å². The van der Waals surface area contributed by atoms with Crippen molar-refractivity contribution in [1.82, 2.24) is 0 Å². The summed E-state index contributed by atoms with van der Waals surface area (Å²) in [5.41, 5.74) is 7.59. The number of halogens is 1. The van der Waals surface area contributed by atoms with Crippen molar-refractivity contribution >= 4 is 0 Å². The predicted octanol–water partition coefficient (Wildman–Crippen LogP) is 3.50. The molecule has 1 saturated carbocycles. The molecule has 2 N–H and O–H groups in total. The van der Waals surface area contributed by atoms with E-state index in [1.165, 1.54) is 0 Å². The second-order valence-electron chi connectivity index (χ2n) is 5.60. The van der Waals surface area contributed by atoms with Gasteiger partial charge in [0.25, 0.3) is 0 Å². The summed E-state index contributed by atoms with van der Waals surface area (Å²) in [5.74, 6) is 1.22. The minimum atomic E-state index is -1.05. The topological polar surface area (TPSA) is 44.5 Å². The molecular formula is C16H24FNO2. The molecule has 0 radical (unpaired) electrons. The van der Waals surface area contributed by atoms with Crippen LogP contribution in [0.2, 0.25) is 0 Å². The van der Waals surface area contributed by atoms with E-state index >= 15 is 0 Å². The van der Waals surface area contributed by atoms with Gasteiger partial charge in [0, 0.05) is 12.0 Å². The van der Waals surface area contributed by atoms with Crippen LogP contribution in [-0.2, 0) is 5.41 Å². The van der Waals surface area contributed by atoms with Crippen LogP contribution < -0.4 is 15.2 Å². The first-order chi connectivity index (χ1) is 9.57. The van der Waals surface area contributed by atoms with Crippen LogP contribution in [0, 0.1) is 0 Å². The average Bonchev–Trinajstić information content (AvgIpc) is 2.95. The van der Waals surface area contributed by atoms with Crippen molar-refractivity contribution in [3.63, 3.8) is 0 Å². The first-order valence-corrected chi connectivity index (χ1v) is 7.18. The van der Waals surface area contributed by atoms with Gasteiger partial charge in [-0.25, -0.2) is 4.39 Å². The van der Waals surface area contributed by atoms with E-state index in [1.807, 2.05) is 6.07 Å². The molecule has 4 heteroatoms. The zero-order valence-electron chi connectivity index (χ0n) is 12.5. The fourth-order valence-corrected chi connectivity index (χ4v) is 3.32. The molecule has 0 spiro atoms. The summed E-state index contributed by atoms with van der Waals surface area (Å²) in [4.78, 5) is 0. The van der Waals surface area contributed by atoms with Gasteiger partial charge in [-0.3, -0.25) is 0 Å². The van der Waals surface area contributed by atoms with Gasteiger partial charge in [-0.05, 0) is 43.0 Å². The molecule has 3 nitrogen and oxygen atoms in total. The highest BCUT2D eigenvalue weighted by molar-refractivity contribution is 5.51. The van der Waals surface area contributed by atoms with Gasteiger partial charge in [0.15, 0.2) is 11.5 Å². The molecule has 112 valence electrons. The van der Waals surface area contributed by atoms with E-state index in [2.05, 4.69) is 0 Å². The van der Waals surface area contributed by atoms with Crippen LogP contribution in [0.15, 0.2) is 12.1 Å². The van der Waals surface area contributed by atoms with Gasteiger partial charge in [0.05, 0.1) is 14.2 Å². The van der Waals surface area contributed by atoms with Gasteiger partial charge < -0.3 is 15.2 Å². The third kappa shape index (κ3) is 2.49. The van der Waals surface area contributed by atoms with Gasteiger partial charge in [-0.2, -0.15) is 0 Å². The van der Waals surface area contributed by atoms with Crippen LogP contribution in [0.25, 0.3) is 0 Å². The highest BCUT2D eigenvalue weighted by atomic mass is 19.1. The molecule has 0 bridgehead atoms. The molecule has 1 aliphatic rings. The lowest BCUT2D eigenvalue weighted by atomic mass is 9.76. The lowest BCUT2D eigenvalue weighted by molar-refractivity contribution is 0.337. The molecule has 1 aromatic carbocycles. The van der Waals surface area contributed by atoms with Crippen LogP contribution in [0.1, 0.15) is 49.9 Å². The van der Waals surface area contributed by atoms with Gasteiger partial charge in [0.2, 0.25) is 0 Å². The molecule has 1 aliphatic carbocycles. The fraction of sp³-hybridized carbons (Fsp3) is 0.625. The molecule has 0 heterocycles. The average molecular weight is 281 g/mol. The highest BCUT2D eigenvalue weighted by Crippen LogP contribution is 2.46. The third-order valence-corrected chi connectivity index (χ3v) is 4.51. The van der Waals surface area contributed by atoms with Crippen LogP contribution in [-0.4, -0.2) is 20.8 Å². The van der Waals surface area contributed by atoms with E-state index in [0.717, 1.165) is 31.2 Å². The monoisotopic (exact) mass is 281 g/mol. The second-order valence-corrected chi connectivity index (χ2v) is 5.60. The summed E-state index contributed by atoms with van der Waals surface area (Å²) in [5, 5.41) is 0. The van der Waals surface area contributed by atoms with E-state index in [4.69, 9.17) is 15.2 Å². The maximum Gasteiger partial charge on any atom is 0.161 e. The van der Waals surface area contributed by atoms with E-state index in [-0.39, 0.29) is 5.41 Å². The Morgan fingerprint density at radius 2 is 1.75 bits per heavy atom. The smallest absolute Gasteiger partial charge is 0.161 e. The molecule has 1 unspecified atom stereocenters. The van der Waals surface area contributed by atoms with Crippen molar-refractivity contribution in [3.05, 3.63) is 23.3 Å². The lowest BCUT2D eigenvalue weighted by Crippen LogP contribution is -2.33. The maximum absolute atomic E-state index is 14.1. The van der Waals surface area contributed by atoms with E-state index in [1.54, 1.807) is 27.2 Å². The van der Waals surface area contributed by atoms with Crippen molar-refractivity contribution in [2.24, 2.45) is 5.73 Å². The summed E-state index contributed by atoms with van der Waals surface area (Å²) in [6, 6.07) is 3.68. The van der Waals surface area contributed by atoms with Gasteiger partial charge in [-0.15, -0.1) is 0 Å². The summed E-state index contributed by atoms with van der Waals surface area (Å²) in [6.07, 6.45) is 3.27. The number of nitrogens with two attached hydrogens (primary N) is 1. The standard InChI is InChI=1S/C16H24FNO2/c1-11(17)12-8-14(19-2)15(20-3)9-13(12)16(10-18)6-4-5-7-16/h8-9,11H,4-7,10,18H2,1-3H3. The minimum Gasteiger partial charge on any atom is -0.493 e. The zero-order chi connectivity index (χ0) is 14.8. The third-order valence-electron chi connectivity index (χ3n) is 4.51. The molecule has 2 rings (SSSR count). The van der Waals surface area contributed by atoms with E-state index in [0.29, 0.717) is 23.6 Å². The predicted molar refractivity (Wildman–Crippen MR) is 78.3 cm³/mol. The number of hydrogen-bond donors (Lipinski definition) is 1. The van der Waals surface area contributed by atoms with Crippen LogP contribution in [0.4, 0.5) is 4.39 Å². The Hall–Kier alpha value is -1.29. The normalized spacial score (nSPS) is 18.9. The largest absolute Gasteiger partial charge is 0.493 e. The summed E-state index contributed by atoms with van der Waals surface area (Å²) in [7, 11) is 3.17. The van der Waals surface area contributed by atoms with E-state index in [9.17, 15) is 4.39 Å². The minimum absolute atomic E-state index is 0.116. The molecule has 1 aromatic rings. The summed E-state index contributed by atoms with van der Waals surface area (Å²) >= 11 is 0. The Morgan fingerprint density at radius 1 is 1.20 bits per heavy atom. The lowest BCUT2D eigenvalue weighted by Gasteiger charge is -2.31. The quantitative estimate of drug-likeness (QED) is 0.898. The molecule has 1 atom stereocenters. The number of hydrogen-bond acceptors (Lipinski definition) is 3. The molecular weight excluding hydrogens is 257 g/mol. The maximum atomic E-state index is 14.1. The first-order valence-electron chi connectivity index (χ1n) is 7.18. The number of methoxy groups -OCH3 is 2. The van der Waals surface area contributed by atoms with Crippen LogP contribution in [0.5, 0.6) is 11.5 Å². The highest BCUT2D eigenvalue weighted by Gasteiger charge is 2.37. The van der Waals surface area contributed by atoms with Crippen LogP contribution >= 0.6 is 0 Å².